The Labute approximate surface area is 141 Å². The average Bonchev–Trinajstić information content (AvgIpc) is 2.21. The zero-order valence-corrected chi connectivity index (χ0v) is 17.7. The SMILES string of the molecule is CC(C)(C)OC(=Nc1ccnc(O[Si](C)(C)C)n1)O[Si](C)(C)C. The molecule has 1 aromatic rings. The van der Waals surface area contributed by atoms with Crippen LogP contribution in [0.3, 0.4) is 0 Å². The zero-order valence-electron chi connectivity index (χ0n) is 15.7. The van der Waals surface area contributed by atoms with E-state index in [0.29, 0.717) is 11.8 Å². The van der Waals surface area contributed by atoms with Crippen molar-refractivity contribution >= 4 is 28.5 Å². The molecular weight excluding hydrogens is 326 g/mol. The van der Waals surface area contributed by atoms with Crippen molar-refractivity contribution in [3.63, 3.8) is 0 Å². The predicted octanol–water partition coefficient (Wildman–Crippen LogP) is 4.34. The minimum Gasteiger partial charge on any atom is -0.518 e. The van der Waals surface area contributed by atoms with Gasteiger partial charge in [0.05, 0.1) is 0 Å². The molecule has 0 aliphatic carbocycles. The quantitative estimate of drug-likeness (QED) is 0.456. The fourth-order valence-electron chi connectivity index (χ4n) is 1.40. The molecule has 0 aliphatic heterocycles. The minimum atomic E-state index is -1.85. The Morgan fingerprint density at radius 3 is 2.13 bits per heavy atom. The van der Waals surface area contributed by atoms with E-state index in [1.165, 1.54) is 0 Å². The maximum Gasteiger partial charge on any atom is 0.376 e. The molecule has 0 fully saturated rings. The molecule has 0 aliphatic rings. The summed E-state index contributed by atoms with van der Waals surface area (Å²) in [4.78, 5) is 12.9. The predicted molar refractivity (Wildman–Crippen MR) is 98.4 cm³/mol. The van der Waals surface area contributed by atoms with E-state index in [4.69, 9.17) is 13.6 Å². The molecule has 0 bridgehead atoms. The third kappa shape index (κ3) is 9.34. The lowest BCUT2D eigenvalue weighted by Gasteiger charge is -2.26. The molecule has 0 atom stereocenters. The first kappa shape index (κ1) is 19.6. The van der Waals surface area contributed by atoms with Crippen LogP contribution >= 0.6 is 0 Å². The molecule has 0 N–H and O–H groups in total. The van der Waals surface area contributed by atoms with E-state index < -0.39 is 22.2 Å². The molecule has 0 amide bonds. The van der Waals surface area contributed by atoms with Gasteiger partial charge in [-0.3, -0.25) is 0 Å². The third-order valence-electron chi connectivity index (χ3n) is 2.01. The molecule has 1 aromatic heterocycles. The van der Waals surface area contributed by atoms with Gasteiger partial charge in [0.15, 0.2) is 5.82 Å². The van der Waals surface area contributed by atoms with Crippen molar-refractivity contribution in [2.24, 2.45) is 4.99 Å². The molecule has 23 heavy (non-hydrogen) atoms. The topological polar surface area (TPSA) is 65.8 Å². The molecule has 130 valence electrons. The van der Waals surface area contributed by atoms with Crippen molar-refractivity contribution < 1.29 is 13.6 Å². The van der Waals surface area contributed by atoms with Crippen LogP contribution in [0.15, 0.2) is 17.3 Å². The fourth-order valence-corrected chi connectivity index (χ4v) is 2.66. The Bertz CT molecular complexity index is 540. The van der Waals surface area contributed by atoms with Crippen LogP contribution in [0.5, 0.6) is 6.01 Å². The maximum absolute atomic E-state index is 5.93. The summed E-state index contributed by atoms with van der Waals surface area (Å²) in [6.07, 6.45) is 1.87. The molecule has 8 heteroatoms. The van der Waals surface area contributed by atoms with Crippen molar-refractivity contribution in [2.75, 3.05) is 0 Å². The fraction of sp³-hybridized carbons (Fsp3) is 0.667. The van der Waals surface area contributed by atoms with Crippen LogP contribution in [-0.2, 0) is 9.16 Å². The minimum absolute atomic E-state index is 0.245. The lowest BCUT2D eigenvalue weighted by molar-refractivity contribution is 0.0836. The summed E-state index contributed by atoms with van der Waals surface area (Å²) in [5, 5.41) is 0. The second kappa shape index (κ2) is 7.00. The Morgan fingerprint density at radius 1 is 1.04 bits per heavy atom. The smallest absolute Gasteiger partial charge is 0.376 e. The number of rotatable bonds is 4. The summed E-state index contributed by atoms with van der Waals surface area (Å²) in [5.41, 5.74) is -0.400. The van der Waals surface area contributed by atoms with E-state index >= 15 is 0 Å². The van der Waals surface area contributed by atoms with Gasteiger partial charge in [-0.1, -0.05) is 0 Å². The standard InChI is InChI=1S/C15H29N3O3Si2/c1-15(2,3)19-14(21-23(7,8)9)18-12-10-11-16-13(17-12)20-22(4,5)6/h10-11H,1-9H3. The molecule has 0 radical (unpaired) electrons. The molecule has 0 aromatic carbocycles. The van der Waals surface area contributed by atoms with E-state index in [2.05, 4.69) is 54.2 Å². The van der Waals surface area contributed by atoms with Crippen LogP contribution in [0.25, 0.3) is 0 Å². The molecule has 0 saturated heterocycles. The summed E-state index contributed by atoms with van der Waals surface area (Å²) < 4.78 is 17.6. The van der Waals surface area contributed by atoms with Gasteiger partial charge in [-0.25, -0.2) is 4.98 Å². The molecular formula is C15H29N3O3Si2. The number of aromatic nitrogens is 2. The monoisotopic (exact) mass is 355 g/mol. The number of nitrogens with zero attached hydrogens (tertiary/aromatic N) is 3. The largest absolute Gasteiger partial charge is 0.518 e. The molecule has 0 spiro atoms. The molecule has 6 nitrogen and oxygen atoms in total. The van der Waals surface area contributed by atoms with Crippen LogP contribution in [0.4, 0.5) is 5.82 Å². The Morgan fingerprint density at radius 2 is 1.65 bits per heavy atom. The van der Waals surface area contributed by atoms with Crippen LogP contribution in [0, 0.1) is 0 Å². The van der Waals surface area contributed by atoms with Crippen molar-refractivity contribution in [3.8, 4) is 6.01 Å². The van der Waals surface area contributed by atoms with Crippen LogP contribution < -0.4 is 4.43 Å². The molecule has 0 saturated carbocycles. The molecule has 0 unspecified atom stereocenters. The second-order valence-corrected chi connectivity index (χ2v) is 17.1. The molecule has 1 heterocycles. The summed E-state index contributed by atoms with van der Waals surface area (Å²) in [6, 6.07) is 2.05. The first-order chi connectivity index (χ1) is 10.2. The first-order valence-electron chi connectivity index (χ1n) is 7.72. The lowest BCUT2D eigenvalue weighted by atomic mass is 10.2. The van der Waals surface area contributed by atoms with Crippen LogP contribution in [0.2, 0.25) is 39.3 Å². The van der Waals surface area contributed by atoms with Gasteiger partial charge in [0.25, 0.3) is 0 Å². The normalized spacial score (nSPS) is 13.7. The Balaban J connectivity index is 3.08. The lowest BCUT2D eigenvalue weighted by Crippen LogP contribution is -2.34. The summed E-state index contributed by atoms with van der Waals surface area (Å²) in [6.45, 7) is 18.3. The highest BCUT2D eigenvalue weighted by molar-refractivity contribution is 6.71. The van der Waals surface area contributed by atoms with E-state index in [9.17, 15) is 0 Å². The Hall–Kier alpha value is -1.42. The number of hydrogen-bond acceptors (Lipinski definition) is 6. The first-order valence-corrected chi connectivity index (χ1v) is 14.5. The summed E-state index contributed by atoms with van der Waals surface area (Å²) in [7, 11) is -3.62. The Kier molecular flexibility index (Phi) is 5.97. The highest BCUT2D eigenvalue weighted by Crippen LogP contribution is 2.18. The second-order valence-electron chi connectivity index (χ2n) is 8.22. The number of hydrogen-bond donors (Lipinski definition) is 0. The third-order valence-corrected chi connectivity index (χ3v) is 3.59. The number of aliphatic imine (C=N–C) groups is 1. The van der Waals surface area contributed by atoms with Gasteiger partial charge in [-0.2, -0.15) is 9.98 Å². The molecule has 1 rings (SSSR count). The van der Waals surface area contributed by atoms with Crippen molar-refractivity contribution in [2.45, 2.75) is 65.7 Å². The number of ether oxygens (including phenoxy) is 1. The van der Waals surface area contributed by atoms with Crippen molar-refractivity contribution in [1.82, 2.24) is 9.97 Å². The van der Waals surface area contributed by atoms with E-state index in [1.54, 1.807) is 12.3 Å². The highest BCUT2D eigenvalue weighted by Gasteiger charge is 2.24. The van der Waals surface area contributed by atoms with Crippen LogP contribution in [-0.4, -0.2) is 38.3 Å². The maximum atomic E-state index is 5.93. The average molecular weight is 356 g/mol. The van der Waals surface area contributed by atoms with Gasteiger partial charge in [0.1, 0.15) is 5.60 Å². The summed E-state index contributed by atoms with van der Waals surface area (Å²) in [5.74, 6) is 0.464. The van der Waals surface area contributed by atoms with Gasteiger partial charge in [-0.05, 0) is 60.1 Å². The van der Waals surface area contributed by atoms with Crippen molar-refractivity contribution in [1.29, 1.82) is 0 Å². The van der Waals surface area contributed by atoms with E-state index in [1.807, 2.05) is 20.8 Å². The van der Waals surface area contributed by atoms with E-state index in [0.717, 1.165) is 0 Å². The van der Waals surface area contributed by atoms with Gasteiger partial charge in [0, 0.05) is 12.3 Å². The zero-order chi connectivity index (χ0) is 17.9. The van der Waals surface area contributed by atoms with Gasteiger partial charge in [-0.15, -0.1) is 0 Å². The van der Waals surface area contributed by atoms with Crippen molar-refractivity contribution in [3.05, 3.63) is 12.3 Å². The van der Waals surface area contributed by atoms with E-state index in [-0.39, 0.29) is 6.08 Å². The van der Waals surface area contributed by atoms with Gasteiger partial charge in [0.2, 0.25) is 16.6 Å². The van der Waals surface area contributed by atoms with Gasteiger partial charge < -0.3 is 13.6 Å². The van der Waals surface area contributed by atoms with Crippen LogP contribution in [0.1, 0.15) is 20.8 Å². The highest BCUT2D eigenvalue weighted by atomic mass is 28.4. The van der Waals surface area contributed by atoms with Gasteiger partial charge >= 0.3 is 12.1 Å². The summed E-state index contributed by atoms with van der Waals surface area (Å²) >= 11 is 0.